The Morgan fingerprint density at radius 2 is 0.443 bits per heavy atom. The first-order valence-corrected chi connectivity index (χ1v) is 49.1. The zero-order valence-corrected chi connectivity index (χ0v) is 77.1. The molecule has 10 heteroatoms. The molecule has 0 fully saturated rings. The molecule has 0 N–H and O–H groups in total. The smallest absolute Gasteiger partial charge is 0.164 e. The van der Waals surface area contributed by atoms with Crippen LogP contribution in [0.25, 0.3) is 285 Å². The van der Waals surface area contributed by atoms with E-state index in [0.717, 1.165) is 182 Å². The Morgan fingerprint density at radius 1 is 0.143 bits per heavy atom. The van der Waals surface area contributed by atoms with E-state index in [0.29, 0.717) is 34.9 Å². The van der Waals surface area contributed by atoms with E-state index in [1.54, 1.807) is 0 Å². The second kappa shape index (κ2) is 32.9. The topological polar surface area (TPSA) is 87.2 Å². The fraction of sp³-hybridized carbons (Fsp3) is 0. The van der Waals surface area contributed by atoms with Gasteiger partial charge in [-0.3, -0.25) is 0 Å². The summed E-state index contributed by atoms with van der Waals surface area (Å²) in [4.78, 5) is 34.3. The van der Waals surface area contributed by atoms with Crippen LogP contribution in [0.15, 0.2) is 473 Å². The Kier molecular flexibility index (Phi) is 18.9. The quantitative estimate of drug-likeness (QED) is 0.102. The van der Waals surface area contributed by atoms with Crippen molar-refractivity contribution >= 4 is 150 Å². The van der Waals surface area contributed by atoms with Crippen molar-refractivity contribution in [2.24, 2.45) is 0 Å². The van der Waals surface area contributed by atoms with E-state index >= 15 is 0 Å². The Bertz CT molecular complexity index is 9860. The zero-order chi connectivity index (χ0) is 92.0. The minimum Gasteiger partial charge on any atom is -0.309 e. The predicted molar refractivity (Wildman–Crippen MR) is 588 cm³/mol. The first-order valence-electron chi connectivity index (χ1n) is 47.4. The molecule has 0 spiro atoms. The summed E-state index contributed by atoms with van der Waals surface area (Å²) in [5, 5.41) is 18.5. The van der Waals surface area contributed by atoms with E-state index in [1.165, 1.54) is 67.5 Å². The molecule has 0 saturated carbocycles. The first-order chi connectivity index (χ1) is 69.4. The number of hydrogen-bond donors (Lipinski definition) is 0. The molecule has 8 nitrogen and oxygen atoms in total. The van der Waals surface area contributed by atoms with E-state index in [4.69, 9.17) is 29.9 Å². The second-order valence-corrected chi connectivity index (χ2v) is 38.3. The van der Waals surface area contributed by atoms with Gasteiger partial charge in [0.25, 0.3) is 0 Å². The van der Waals surface area contributed by atoms with E-state index in [-0.39, 0.29) is 0 Å². The molecule has 0 bridgehead atoms. The van der Waals surface area contributed by atoms with Gasteiger partial charge in [0, 0.05) is 107 Å². The summed E-state index contributed by atoms with van der Waals surface area (Å²) in [6.45, 7) is 0. The molecule has 0 saturated heterocycles. The van der Waals surface area contributed by atoms with Crippen molar-refractivity contribution in [1.82, 2.24) is 39.0 Å². The maximum absolute atomic E-state index is 5.93. The number of nitrogens with zero attached hydrogens (tertiary/aromatic N) is 8. The minimum atomic E-state index is 0.541. The van der Waals surface area contributed by atoms with Crippen molar-refractivity contribution in [1.29, 1.82) is 0 Å². The van der Waals surface area contributed by atoms with Crippen molar-refractivity contribution in [2.75, 3.05) is 0 Å². The van der Waals surface area contributed by atoms with E-state index in [9.17, 15) is 0 Å². The molecule has 0 atom stereocenters. The summed E-state index contributed by atoms with van der Waals surface area (Å²) in [5.41, 5.74) is 26.6. The van der Waals surface area contributed by atoms with Crippen LogP contribution >= 0.6 is 22.7 Å². The van der Waals surface area contributed by atoms with Crippen molar-refractivity contribution in [3.8, 4) is 158 Å². The van der Waals surface area contributed by atoms with E-state index < -0.39 is 0 Å². The SMILES string of the molecule is c1ccc(-c2ccccc2-c2nc(-c3cc(-c4ccc(-c5cccc6c5c5cc7ccccc7cc5n6-c5ccc(-c6nc(-c7cccc8ccccc78)nc(-c7cccc8ccccc78)n6)c(-c6cccc7sc8ccccc8c67)c5)cc4)ccc3-c3ccccc3)nc(-c3ccc(-n4c5cc6ccccc6cc5c5c(-c6ccccc6)cccc54)cc3-c3cccc4sc5ccccc5c34)n2)cc1. The number of fused-ring (bicyclic) bond motifs is 16. The van der Waals surface area contributed by atoms with E-state index in [1.807, 2.05) is 22.7 Å². The molecule has 0 aliphatic rings. The molecular formula is C130H78N8S2. The maximum Gasteiger partial charge on any atom is 0.164 e. The molecular weight excluding hydrogens is 1740 g/mol. The fourth-order valence-corrected chi connectivity index (χ4v) is 24.1. The van der Waals surface area contributed by atoms with Crippen LogP contribution in [0.3, 0.4) is 0 Å². The van der Waals surface area contributed by atoms with Crippen LogP contribution < -0.4 is 0 Å². The Hall–Kier alpha value is -18.1. The third-order valence-corrected chi connectivity index (χ3v) is 30.5. The predicted octanol–water partition coefficient (Wildman–Crippen LogP) is 35.3. The average Bonchev–Trinajstić information content (AvgIpc) is 1.57. The number of rotatable bonds is 15. The second-order valence-electron chi connectivity index (χ2n) is 36.2. The van der Waals surface area contributed by atoms with Crippen LogP contribution in [0.1, 0.15) is 0 Å². The fourth-order valence-electron chi connectivity index (χ4n) is 21.8. The summed E-state index contributed by atoms with van der Waals surface area (Å²) in [6, 6.07) is 172. The van der Waals surface area contributed by atoms with Gasteiger partial charge in [0.1, 0.15) is 0 Å². The number of aromatic nitrogens is 8. The number of hydrogen-bond acceptors (Lipinski definition) is 8. The largest absolute Gasteiger partial charge is 0.309 e. The van der Waals surface area contributed by atoms with Gasteiger partial charge in [-0.05, 0) is 224 Å². The summed E-state index contributed by atoms with van der Waals surface area (Å²) in [6.07, 6.45) is 0. The van der Waals surface area contributed by atoms with Crippen molar-refractivity contribution in [2.45, 2.75) is 0 Å². The third kappa shape index (κ3) is 13.4. The number of thiophene rings is 2. The highest BCUT2D eigenvalue weighted by molar-refractivity contribution is 7.26. The molecule has 650 valence electrons. The van der Waals surface area contributed by atoms with Crippen LogP contribution in [0, 0.1) is 0 Å². The maximum atomic E-state index is 5.93. The van der Waals surface area contributed by atoms with Gasteiger partial charge in [-0.2, -0.15) is 0 Å². The molecule has 0 amide bonds. The third-order valence-electron chi connectivity index (χ3n) is 28.2. The molecule has 6 heterocycles. The van der Waals surface area contributed by atoms with Gasteiger partial charge in [0.05, 0.1) is 22.1 Å². The highest BCUT2D eigenvalue weighted by Gasteiger charge is 2.29. The lowest BCUT2D eigenvalue weighted by atomic mass is 9.92. The molecule has 22 aromatic carbocycles. The lowest BCUT2D eigenvalue weighted by Crippen LogP contribution is -2.04. The van der Waals surface area contributed by atoms with Crippen molar-refractivity contribution in [3.05, 3.63) is 473 Å². The van der Waals surface area contributed by atoms with Crippen LogP contribution in [-0.2, 0) is 0 Å². The molecule has 0 unspecified atom stereocenters. The van der Waals surface area contributed by atoms with Crippen molar-refractivity contribution < 1.29 is 0 Å². The van der Waals surface area contributed by atoms with Gasteiger partial charge >= 0.3 is 0 Å². The lowest BCUT2D eigenvalue weighted by Gasteiger charge is -2.18. The summed E-state index contributed by atoms with van der Waals surface area (Å²) in [7, 11) is 0. The first kappa shape index (κ1) is 80.4. The van der Waals surface area contributed by atoms with E-state index in [2.05, 4.69) is 482 Å². The van der Waals surface area contributed by atoms with Crippen LogP contribution in [0.4, 0.5) is 0 Å². The zero-order valence-electron chi connectivity index (χ0n) is 75.4. The van der Waals surface area contributed by atoms with Gasteiger partial charge in [0.2, 0.25) is 0 Å². The molecule has 0 aliphatic carbocycles. The van der Waals surface area contributed by atoms with Crippen LogP contribution in [-0.4, -0.2) is 39.0 Å². The van der Waals surface area contributed by atoms with Crippen molar-refractivity contribution in [3.63, 3.8) is 0 Å². The summed E-state index contributed by atoms with van der Waals surface area (Å²) in [5.74, 6) is 3.42. The Labute approximate surface area is 813 Å². The van der Waals surface area contributed by atoms with Crippen LogP contribution in [0.5, 0.6) is 0 Å². The molecule has 28 rings (SSSR count). The molecule has 140 heavy (non-hydrogen) atoms. The number of benzene rings is 22. The summed E-state index contributed by atoms with van der Waals surface area (Å²) >= 11 is 3.65. The molecule has 0 radical (unpaired) electrons. The monoisotopic (exact) mass is 1810 g/mol. The molecule has 28 aromatic rings. The Balaban J connectivity index is 0.625. The Morgan fingerprint density at radius 3 is 0.914 bits per heavy atom. The minimum absolute atomic E-state index is 0.541. The molecule has 6 aromatic heterocycles. The average molecular weight is 1820 g/mol. The summed E-state index contributed by atoms with van der Waals surface area (Å²) < 4.78 is 9.81. The van der Waals surface area contributed by atoms with Gasteiger partial charge in [0.15, 0.2) is 34.9 Å². The standard InChI is InChI=1S/C130H78N8S2/c1-4-30-80(31-5-1)93-46-18-19-47-101(93)125-132-129(105-71-68-91(78-109(105)100-53-29-61-120-124(100)107-49-21-23-59-118(107)140-120)137-113-56-26-50-97(84-34-8-3-9-35-84)121(113)111-73-86-38-10-12-40-88(86)75-115(111)137)136-130(135-125)110-72-90(66-69-96(110)81-32-6-2-7-33-81)79-62-64-85(65-63-79)98-51-27-57-114-122(98)112-74-87-39-11-13-41-89(87)76-116(112)138(114)92-67-70-104(108(77-92)99-52-28-60-119-123(99)106-48-20-22-58-117(106)139-119)128-133-126(102-54-24-42-82-36-14-16-44-94(82)102)131-127(134-128)103-55-25-43-83-37-15-17-45-95(83)103/h1-78H. The highest BCUT2D eigenvalue weighted by Crippen LogP contribution is 2.51. The lowest BCUT2D eigenvalue weighted by molar-refractivity contribution is 1.07. The van der Waals surface area contributed by atoms with Gasteiger partial charge in [-0.15, -0.1) is 22.7 Å². The van der Waals surface area contributed by atoms with Gasteiger partial charge in [-0.1, -0.05) is 370 Å². The molecule has 0 aliphatic heterocycles. The van der Waals surface area contributed by atoms with Crippen LogP contribution in [0.2, 0.25) is 0 Å². The van der Waals surface area contributed by atoms with Gasteiger partial charge in [-0.25, -0.2) is 29.9 Å². The van der Waals surface area contributed by atoms with Gasteiger partial charge < -0.3 is 9.13 Å². The normalized spacial score (nSPS) is 11.9. The highest BCUT2D eigenvalue weighted by atomic mass is 32.1.